The van der Waals surface area contributed by atoms with Gasteiger partial charge in [-0.1, -0.05) is 70.2 Å². The van der Waals surface area contributed by atoms with Gasteiger partial charge in [-0.25, -0.2) is 9.38 Å². The van der Waals surface area contributed by atoms with E-state index in [-0.39, 0.29) is 11.4 Å². The van der Waals surface area contributed by atoms with Crippen LogP contribution in [0.1, 0.15) is 61.3 Å². The first-order chi connectivity index (χ1) is 18.6. The summed E-state index contributed by atoms with van der Waals surface area (Å²) < 4.78 is 56.7. The van der Waals surface area contributed by atoms with Crippen molar-refractivity contribution in [3.63, 3.8) is 0 Å². The molecule has 2 aliphatic heterocycles. The molecule has 0 amide bonds. The van der Waals surface area contributed by atoms with Crippen molar-refractivity contribution >= 4 is 12.6 Å². The number of dihydropyridines is 1. The molecule has 0 saturated heterocycles. The van der Waals surface area contributed by atoms with Gasteiger partial charge in [-0.3, -0.25) is 5.32 Å². The summed E-state index contributed by atoms with van der Waals surface area (Å²) in [5.41, 5.74) is 2.78. The van der Waals surface area contributed by atoms with E-state index in [1.807, 2.05) is 52.7 Å². The summed E-state index contributed by atoms with van der Waals surface area (Å²) in [5.74, 6) is -0.486. The minimum absolute atomic E-state index is 0.0626. The predicted molar refractivity (Wildman–Crippen MR) is 154 cm³/mol. The van der Waals surface area contributed by atoms with Crippen LogP contribution >= 0.6 is 0 Å². The van der Waals surface area contributed by atoms with E-state index < -0.39 is 24.2 Å². The number of amidine groups is 1. The van der Waals surface area contributed by atoms with Crippen LogP contribution in [0.3, 0.4) is 0 Å². The molecule has 9 heteroatoms. The minimum atomic E-state index is -4.65. The van der Waals surface area contributed by atoms with Crippen molar-refractivity contribution in [1.29, 1.82) is 0 Å². The van der Waals surface area contributed by atoms with Gasteiger partial charge in [0.2, 0.25) is 0 Å². The Labute approximate surface area is 230 Å². The molecular weight excluding hydrogens is 508 g/mol. The van der Waals surface area contributed by atoms with Crippen LogP contribution in [0.25, 0.3) is 0 Å². The van der Waals surface area contributed by atoms with E-state index in [9.17, 15) is 17.6 Å². The highest BCUT2D eigenvalue weighted by molar-refractivity contribution is 6.03. The van der Waals surface area contributed by atoms with E-state index in [4.69, 9.17) is 4.79 Å². The number of halogens is 4. The van der Waals surface area contributed by atoms with E-state index in [0.29, 0.717) is 22.5 Å². The lowest BCUT2D eigenvalue weighted by Crippen LogP contribution is -2.55. The molecule has 2 heterocycles. The summed E-state index contributed by atoms with van der Waals surface area (Å²) in [4.78, 5) is 12.5. The number of nitrogens with one attached hydrogen (secondary N) is 3. The van der Waals surface area contributed by atoms with E-state index in [2.05, 4.69) is 27.5 Å². The zero-order valence-corrected chi connectivity index (χ0v) is 24.0. The van der Waals surface area contributed by atoms with Gasteiger partial charge in [-0.15, -0.1) is 0 Å². The number of hydrogen-bond acceptors (Lipinski definition) is 5. The molecule has 5 nitrogen and oxygen atoms in total. The normalized spacial score (nSPS) is 19.8. The van der Waals surface area contributed by atoms with Gasteiger partial charge < -0.3 is 15.4 Å². The molecule has 3 aliphatic rings. The predicted octanol–water partition coefficient (Wildman–Crippen LogP) is 7.63. The Kier molecular flexibility index (Phi) is 16.3. The molecule has 0 bridgehead atoms. The van der Waals surface area contributed by atoms with Crippen molar-refractivity contribution in [3.05, 3.63) is 94.8 Å². The average Bonchev–Trinajstić information content (AvgIpc) is 2.94. The number of aliphatic imine (C=N–C) groups is 1. The number of nitrogens with zero attached hydrogens (tertiary/aromatic N) is 1. The van der Waals surface area contributed by atoms with E-state index in [0.717, 1.165) is 24.6 Å². The lowest BCUT2D eigenvalue weighted by molar-refractivity contribution is -0.147. The first kappa shape index (κ1) is 35.5. The van der Waals surface area contributed by atoms with Crippen LogP contribution in [0, 0.1) is 0 Å². The fraction of sp³-hybridized carbons (Fsp3) is 0.400. The maximum absolute atomic E-state index is 14.4. The van der Waals surface area contributed by atoms with Crippen LogP contribution in [0.4, 0.5) is 17.6 Å². The zero-order chi connectivity index (χ0) is 30.2. The van der Waals surface area contributed by atoms with Crippen LogP contribution in [-0.2, 0) is 4.79 Å². The quantitative estimate of drug-likeness (QED) is 0.235. The van der Waals surface area contributed by atoms with Crippen molar-refractivity contribution in [2.45, 2.75) is 79.7 Å². The minimum Gasteiger partial charge on any atom is -0.370 e. The van der Waals surface area contributed by atoms with Crippen molar-refractivity contribution in [2.24, 2.45) is 4.99 Å². The van der Waals surface area contributed by atoms with Gasteiger partial charge in [0.15, 0.2) is 0 Å². The lowest BCUT2D eigenvalue weighted by Gasteiger charge is -2.32. The van der Waals surface area contributed by atoms with Crippen LogP contribution < -0.4 is 16.0 Å². The third kappa shape index (κ3) is 11.0. The zero-order valence-electron chi connectivity index (χ0n) is 24.0. The van der Waals surface area contributed by atoms with E-state index in [1.54, 1.807) is 32.9 Å². The Morgan fingerprint density at radius 2 is 1.82 bits per heavy atom. The van der Waals surface area contributed by atoms with Gasteiger partial charge >= 0.3 is 6.18 Å². The Morgan fingerprint density at radius 1 is 1.18 bits per heavy atom. The van der Waals surface area contributed by atoms with Crippen molar-refractivity contribution in [1.82, 2.24) is 16.0 Å². The Bertz CT molecular complexity index is 1070. The third-order valence-corrected chi connectivity index (χ3v) is 5.41. The van der Waals surface area contributed by atoms with Gasteiger partial charge in [0.25, 0.3) is 0 Å². The van der Waals surface area contributed by atoms with Crippen molar-refractivity contribution in [3.8, 4) is 0 Å². The molecule has 2 atom stereocenters. The fourth-order valence-corrected chi connectivity index (χ4v) is 3.58. The number of allylic oxidation sites excluding steroid dienone is 9. The molecular formula is C30H42F4N4O. The summed E-state index contributed by atoms with van der Waals surface area (Å²) >= 11 is 0. The van der Waals surface area contributed by atoms with Crippen LogP contribution in [-0.4, -0.2) is 31.0 Å². The molecule has 0 aromatic carbocycles. The molecule has 3 rings (SSSR count). The smallest absolute Gasteiger partial charge is 0.370 e. The molecule has 0 saturated carbocycles. The molecule has 0 fully saturated rings. The van der Waals surface area contributed by atoms with Gasteiger partial charge in [0.1, 0.15) is 24.5 Å². The van der Waals surface area contributed by atoms with E-state index in [1.165, 1.54) is 12.2 Å². The third-order valence-electron chi connectivity index (χ3n) is 5.41. The summed E-state index contributed by atoms with van der Waals surface area (Å²) in [6, 6.07) is -2.09. The second-order valence-corrected chi connectivity index (χ2v) is 8.07. The maximum atomic E-state index is 14.4. The fourth-order valence-electron chi connectivity index (χ4n) is 3.58. The Balaban J connectivity index is 0.00000225. The summed E-state index contributed by atoms with van der Waals surface area (Å²) in [5, 5.41) is 8.15. The summed E-state index contributed by atoms with van der Waals surface area (Å²) in [6.45, 7) is 18.9. The molecule has 0 aromatic rings. The first-order valence-electron chi connectivity index (χ1n) is 13.0. The monoisotopic (exact) mass is 550 g/mol. The standard InChI is InChI=1S/C25H28F4N4.2C2H6.CH2O/c1-5-15(2)11-20(22(25(27,28)29)33-23-16(3)12-19(26)14-30-23)24-31-17(4)13-21(32-24)18-9-7-6-8-10-18;3*1-2/h5,7,9-14,22-23,30,33H,4,6,8H2,1-3H3,(H,31,32);2*1-2H3;1H2/b15-5-,20-11-;;;. The average molecular weight is 551 g/mol. The van der Waals surface area contributed by atoms with Crippen LogP contribution in [0.2, 0.25) is 0 Å². The van der Waals surface area contributed by atoms with Crippen molar-refractivity contribution in [2.75, 3.05) is 0 Å². The van der Waals surface area contributed by atoms with Gasteiger partial charge in [0.05, 0.1) is 11.9 Å². The molecule has 0 aromatic heterocycles. The highest BCUT2D eigenvalue weighted by Gasteiger charge is 2.45. The van der Waals surface area contributed by atoms with Crippen LogP contribution in [0.5, 0.6) is 0 Å². The van der Waals surface area contributed by atoms with Gasteiger partial charge in [0, 0.05) is 17.5 Å². The lowest BCUT2D eigenvalue weighted by atomic mass is 9.98. The molecule has 2 unspecified atom stereocenters. The topological polar surface area (TPSA) is 65.5 Å². The molecule has 39 heavy (non-hydrogen) atoms. The molecule has 0 radical (unpaired) electrons. The molecule has 0 spiro atoms. The molecule has 216 valence electrons. The van der Waals surface area contributed by atoms with Gasteiger partial charge in [-0.05, 0) is 56.9 Å². The SMILES string of the molecule is C=C1C=C(C2=CCCC=C2)N=C(/C(=C\C(C)=C/C)C(NC2NC=C(F)C=C2C)C(F)(F)F)N1.C=O.CC.CC. The summed E-state index contributed by atoms with van der Waals surface area (Å²) in [7, 11) is 0. The summed E-state index contributed by atoms with van der Waals surface area (Å²) in [6.07, 6.45) is 9.24. The van der Waals surface area contributed by atoms with Crippen LogP contribution in [0.15, 0.2) is 99.8 Å². The highest BCUT2D eigenvalue weighted by atomic mass is 19.4. The molecule has 1 aliphatic carbocycles. The maximum Gasteiger partial charge on any atom is 0.408 e. The Morgan fingerprint density at radius 3 is 2.33 bits per heavy atom. The highest BCUT2D eigenvalue weighted by Crippen LogP contribution is 2.31. The van der Waals surface area contributed by atoms with Crippen molar-refractivity contribution < 1.29 is 22.4 Å². The number of carbonyl (C=O) groups excluding carboxylic acids is 1. The second kappa shape index (κ2) is 17.9. The Hall–Kier alpha value is -3.46. The molecule has 3 N–H and O–H groups in total. The van der Waals surface area contributed by atoms with E-state index >= 15 is 0 Å². The second-order valence-electron chi connectivity index (χ2n) is 8.07. The number of alkyl halides is 3. The number of carbonyl (C=O) groups is 1. The largest absolute Gasteiger partial charge is 0.408 e. The number of hydrogen-bond donors (Lipinski definition) is 3. The van der Waals surface area contributed by atoms with Gasteiger partial charge in [-0.2, -0.15) is 13.2 Å². The number of rotatable bonds is 6. The first-order valence-corrected chi connectivity index (χ1v) is 13.0.